The normalized spacial score (nSPS) is 17.0. The van der Waals surface area contributed by atoms with Gasteiger partial charge >= 0.3 is 0 Å². The molecular weight excluding hydrogens is 407 g/mol. The van der Waals surface area contributed by atoms with Gasteiger partial charge in [0, 0.05) is 13.6 Å². The van der Waals surface area contributed by atoms with E-state index in [0.29, 0.717) is 41.0 Å². The Bertz CT molecular complexity index is 986. The molecule has 1 aliphatic carbocycles. The maximum Gasteiger partial charge on any atom is 0.247 e. The zero-order chi connectivity index (χ0) is 20.5. The van der Waals surface area contributed by atoms with Crippen LogP contribution in [0.25, 0.3) is 0 Å². The molecule has 0 spiro atoms. The third kappa shape index (κ3) is 3.77. The van der Waals surface area contributed by atoms with E-state index in [4.69, 9.17) is 4.74 Å². The van der Waals surface area contributed by atoms with Crippen molar-refractivity contribution < 1.29 is 27.9 Å². The van der Waals surface area contributed by atoms with Crippen molar-refractivity contribution in [2.45, 2.75) is 30.3 Å². The molecule has 2 N–H and O–H groups in total. The summed E-state index contributed by atoms with van der Waals surface area (Å²) in [6.07, 6.45) is 0.634. The van der Waals surface area contributed by atoms with Gasteiger partial charge in [0.1, 0.15) is 10.7 Å². The summed E-state index contributed by atoms with van der Waals surface area (Å²) >= 11 is 1.13. The van der Waals surface area contributed by atoms with Crippen LogP contribution < -0.4 is 4.74 Å². The number of sulfonamides is 1. The van der Waals surface area contributed by atoms with E-state index in [9.17, 15) is 23.1 Å². The number of likely N-dealkylation sites (N-methyl/N-ethyl adjacent to an activating group) is 1. The molecule has 0 saturated heterocycles. The Morgan fingerprint density at radius 2 is 2.00 bits per heavy atom. The highest BCUT2D eigenvalue weighted by molar-refractivity contribution is 7.89. The fraction of sp³-hybridized carbons (Fsp3) is 0.389. The summed E-state index contributed by atoms with van der Waals surface area (Å²) in [7, 11) is -1.22. The summed E-state index contributed by atoms with van der Waals surface area (Å²) in [6.45, 7) is -0.206. The van der Waals surface area contributed by atoms with Crippen LogP contribution in [-0.4, -0.2) is 49.5 Å². The number of aliphatic hydroxyl groups excluding tert-OH is 1. The average molecular weight is 429 g/mol. The molecule has 0 fully saturated rings. The molecule has 0 aliphatic heterocycles. The van der Waals surface area contributed by atoms with E-state index < -0.39 is 21.9 Å². The van der Waals surface area contributed by atoms with E-state index in [1.165, 1.54) is 38.4 Å². The third-order valence-corrected chi connectivity index (χ3v) is 7.98. The number of fused-ring (bicyclic) bond motifs is 1. The summed E-state index contributed by atoms with van der Waals surface area (Å²) in [6, 6.07) is 5.25. The fourth-order valence-electron chi connectivity index (χ4n) is 3.21. The molecule has 7 nitrogen and oxygen atoms in total. The molecule has 1 aliphatic rings. The smallest absolute Gasteiger partial charge is 0.247 e. The number of hydrogen-bond donors (Lipinski definition) is 2. The van der Waals surface area contributed by atoms with Crippen LogP contribution >= 0.6 is 11.3 Å². The number of methoxy groups -OCH3 is 1. The lowest BCUT2D eigenvalue weighted by molar-refractivity contribution is 0.155. The van der Waals surface area contributed by atoms with Crippen LogP contribution in [0.15, 0.2) is 34.3 Å². The molecule has 0 bridgehead atoms. The predicted molar refractivity (Wildman–Crippen MR) is 103 cm³/mol. The molecule has 1 heterocycles. The molecule has 3 rings (SSSR count). The number of thiophene rings is 1. The first-order valence-corrected chi connectivity index (χ1v) is 10.9. The Morgan fingerprint density at radius 3 is 2.61 bits per heavy atom. The molecule has 0 amide bonds. The summed E-state index contributed by atoms with van der Waals surface area (Å²) in [5.41, 5.74) is 1.43. The Kier molecular flexibility index (Phi) is 6.04. The quantitative estimate of drug-likeness (QED) is 0.544. The van der Waals surface area contributed by atoms with Crippen molar-refractivity contribution in [3.05, 3.63) is 46.1 Å². The van der Waals surface area contributed by atoms with Gasteiger partial charge in [-0.2, -0.15) is 4.31 Å². The van der Waals surface area contributed by atoms with E-state index >= 15 is 0 Å². The van der Waals surface area contributed by atoms with Crippen molar-refractivity contribution in [3.8, 4) is 5.06 Å². The number of nitrogens with zero attached hydrogens (tertiary/aromatic N) is 2. The van der Waals surface area contributed by atoms with Crippen molar-refractivity contribution in [2.24, 2.45) is 5.16 Å². The van der Waals surface area contributed by atoms with Crippen LogP contribution in [0.3, 0.4) is 0 Å². The number of halogens is 1. The lowest BCUT2D eigenvalue weighted by Crippen LogP contribution is -2.32. The van der Waals surface area contributed by atoms with E-state index in [0.717, 1.165) is 15.6 Å². The van der Waals surface area contributed by atoms with Crippen LogP contribution in [0.5, 0.6) is 5.06 Å². The maximum absolute atomic E-state index is 13.2. The molecule has 1 aromatic heterocycles. The molecule has 1 unspecified atom stereocenters. The Labute approximate surface area is 166 Å². The first-order valence-electron chi connectivity index (χ1n) is 8.60. The highest BCUT2D eigenvalue weighted by atomic mass is 32.2. The van der Waals surface area contributed by atoms with Crippen molar-refractivity contribution in [2.75, 3.05) is 20.7 Å². The number of oxime groups is 1. The number of hydrogen-bond acceptors (Lipinski definition) is 7. The second-order valence-electron chi connectivity index (χ2n) is 6.48. The first kappa shape index (κ1) is 20.7. The van der Waals surface area contributed by atoms with E-state index in [1.54, 1.807) is 0 Å². The monoisotopic (exact) mass is 428 g/mol. The van der Waals surface area contributed by atoms with Gasteiger partial charge in [0.25, 0.3) is 0 Å². The topological polar surface area (TPSA) is 99.4 Å². The lowest BCUT2D eigenvalue weighted by Gasteiger charge is -2.22. The molecule has 0 radical (unpaired) electrons. The molecule has 2 aromatic rings. The Balaban J connectivity index is 1.94. The maximum atomic E-state index is 13.2. The number of benzene rings is 1. The summed E-state index contributed by atoms with van der Waals surface area (Å²) < 4.78 is 45.9. The number of ether oxygens (including phenoxy) is 1. The molecule has 152 valence electrons. The molecule has 0 saturated carbocycles. The highest BCUT2D eigenvalue weighted by Gasteiger charge is 2.35. The average Bonchev–Trinajstić information content (AvgIpc) is 3.07. The summed E-state index contributed by atoms with van der Waals surface area (Å²) in [4.78, 5) is 0.654. The first-order chi connectivity index (χ1) is 13.3. The minimum absolute atomic E-state index is 0.0460. The van der Waals surface area contributed by atoms with Crippen LogP contribution in [0, 0.1) is 5.82 Å². The van der Waals surface area contributed by atoms with Crippen molar-refractivity contribution in [3.63, 3.8) is 0 Å². The van der Waals surface area contributed by atoms with Crippen LogP contribution in [-0.2, 0) is 16.4 Å². The fourth-order valence-corrected chi connectivity index (χ4v) is 6.25. The van der Waals surface area contributed by atoms with Gasteiger partial charge in [-0.25, -0.2) is 12.8 Å². The molecule has 1 atom stereocenters. The van der Waals surface area contributed by atoms with Crippen LogP contribution in [0.4, 0.5) is 4.39 Å². The van der Waals surface area contributed by atoms with E-state index in [-0.39, 0.29) is 16.5 Å². The summed E-state index contributed by atoms with van der Waals surface area (Å²) in [5, 5.41) is 23.1. The minimum Gasteiger partial charge on any atom is -0.486 e. The second kappa shape index (κ2) is 8.16. The van der Waals surface area contributed by atoms with Crippen molar-refractivity contribution in [1.29, 1.82) is 0 Å². The van der Waals surface area contributed by atoms with E-state index in [2.05, 4.69) is 5.16 Å². The van der Waals surface area contributed by atoms with Gasteiger partial charge in [0.2, 0.25) is 10.0 Å². The molecule has 1 aromatic carbocycles. The lowest BCUT2D eigenvalue weighted by atomic mass is 9.98. The zero-order valence-electron chi connectivity index (χ0n) is 15.4. The predicted octanol–water partition coefficient (Wildman–Crippen LogP) is 2.76. The molecule has 10 heteroatoms. The highest BCUT2D eigenvalue weighted by Crippen LogP contribution is 2.43. The van der Waals surface area contributed by atoms with Gasteiger partial charge in [0.15, 0.2) is 5.06 Å². The van der Waals surface area contributed by atoms with E-state index in [1.807, 2.05) is 0 Å². The van der Waals surface area contributed by atoms with Gasteiger partial charge in [-0.3, -0.25) is 0 Å². The van der Waals surface area contributed by atoms with Crippen LogP contribution in [0.1, 0.15) is 34.9 Å². The Hall–Kier alpha value is -2.01. The van der Waals surface area contributed by atoms with Gasteiger partial charge in [-0.1, -0.05) is 28.6 Å². The molecular formula is C18H21FN2O5S2. The SMILES string of the molecule is COc1sc2c(c1S(=O)(=O)N(C)CC(O)c1ccc(F)cc1)CCC/C2=N/O. The van der Waals surface area contributed by atoms with Gasteiger partial charge in [0.05, 0.1) is 23.8 Å². The minimum atomic E-state index is -3.97. The van der Waals surface area contributed by atoms with Gasteiger partial charge < -0.3 is 15.1 Å². The third-order valence-electron chi connectivity index (χ3n) is 4.69. The van der Waals surface area contributed by atoms with Crippen LogP contribution in [0.2, 0.25) is 0 Å². The Morgan fingerprint density at radius 1 is 1.32 bits per heavy atom. The number of aliphatic hydroxyl groups is 1. The van der Waals surface area contributed by atoms with Crippen molar-refractivity contribution >= 4 is 27.1 Å². The standard InChI is InChI=1S/C18H21FN2O5S2/c1-21(10-15(22)11-6-8-12(19)9-7-11)28(24,25)17-13-4-3-5-14(20-23)16(13)27-18(17)26-2/h6-9,15,22-23H,3-5,10H2,1-2H3/b20-14-. The second-order valence-corrected chi connectivity index (χ2v) is 9.45. The summed E-state index contributed by atoms with van der Waals surface area (Å²) in [5.74, 6) is -0.437. The number of rotatable bonds is 6. The largest absolute Gasteiger partial charge is 0.486 e. The zero-order valence-corrected chi connectivity index (χ0v) is 17.1. The molecule has 28 heavy (non-hydrogen) atoms. The van der Waals surface area contributed by atoms with Crippen molar-refractivity contribution in [1.82, 2.24) is 4.31 Å². The van der Waals surface area contributed by atoms with Gasteiger partial charge in [-0.05, 0) is 42.5 Å². The van der Waals surface area contributed by atoms with Gasteiger partial charge in [-0.15, -0.1) is 0 Å².